The van der Waals surface area contributed by atoms with Crippen molar-refractivity contribution in [2.24, 2.45) is 0 Å². The molecule has 0 unspecified atom stereocenters. The maximum Gasteiger partial charge on any atom is 0.243 e. The summed E-state index contributed by atoms with van der Waals surface area (Å²) in [6, 6.07) is 6.54. The summed E-state index contributed by atoms with van der Waals surface area (Å²) >= 11 is 0. The molecule has 2 aliphatic heterocycles. The van der Waals surface area contributed by atoms with Gasteiger partial charge in [0, 0.05) is 45.7 Å². The van der Waals surface area contributed by atoms with Gasteiger partial charge >= 0.3 is 0 Å². The summed E-state index contributed by atoms with van der Waals surface area (Å²) in [6.07, 6.45) is 2.10. The lowest BCUT2D eigenvalue weighted by molar-refractivity contribution is 0.171. The number of nitrogens with zero attached hydrogens (tertiary/aromatic N) is 4. The minimum atomic E-state index is -3.73. The van der Waals surface area contributed by atoms with E-state index in [1.54, 1.807) is 19.2 Å². The SMILES string of the molecule is CN(C)c1cc(CN(C)S(=O)(=O)c2ccc3c(c2)OCCO3)nc([C@@H]2CCCNC2)n1. The fourth-order valence-electron chi connectivity index (χ4n) is 3.75. The number of hydrogen-bond acceptors (Lipinski definition) is 8. The number of ether oxygens (including phenoxy) is 2. The fraction of sp³-hybridized carbons (Fsp3) is 0.524. The molecule has 10 heteroatoms. The largest absolute Gasteiger partial charge is 0.486 e. The Morgan fingerprint density at radius 3 is 2.58 bits per heavy atom. The molecule has 0 spiro atoms. The van der Waals surface area contributed by atoms with Crippen LogP contribution in [0, 0.1) is 0 Å². The van der Waals surface area contributed by atoms with Crippen molar-refractivity contribution in [2.75, 3.05) is 52.3 Å². The third-order valence-corrected chi connectivity index (χ3v) is 7.31. The fourth-order valence-corrected chi connectivity index (χ4v) is 4.90. The van der Waals surface area contributed by atoms with Crippen molar-refractivity contribution >= 4 is 15.8 Å². The van der Waals surface area contributed by atoms with Crippen molar-refractivity contribution in [1.82, 2.24) is 19.6 Å². The Balaban J connectivity index is 1.59. The molecule has 0 aliphatic carbocycles. The zero-order chi connectivity index (χ0) is 22.0. The van der Waals surface area contributed by atoms with Gasteiger partial charge in [-0.3, -0.25) is 0 Å². The lowest BCUT2D eigenvalue weighted by atomic mass is 9.99. The van der Waals surface area contributed by atoms with Crippen LogP contribution >= 0.6 is 0 Å². The molecule has 0 amide bonds. The van der Waals surface area contributed by atoms with Crippen LogP contribution in [0.2, 0.25) is 0 Å². The predicted octanol–water partition coefficient (Wildman–Crippen LogP) is 1.60. The van der Waals surface area contributed by atoms with Gasteiger partial charge in [0.1, 0.15) is 24.9 Å². The minimum Gasteiger partial charge on any atom is -0.486 e. The lowest BCUT2D eigenvalue weighted by Gasteiger charge is -2.24. The maximum atomic E-state index is 13.2. The number of aromatic nitrogens is 2. The van der Waals surface area contributed by atoms with Crippen molar-refractivity contribution in [1.29, 1.82) is 0 Å². The molecule has 0 bridgehead atoms. The molecule has 2 aromatic rings. The second-order valence-electron chi connectivity index (χ2n) is 8.08. The molecular weight excluding hydrogens is 418 g/mol. The van der Waals surface area contributed by atoms with Gasteiger partial charge in [0.15, 0.2) is 11.5 Å². The van der Waals surface area contributed by atoms with E-state index < -0.39 is 10.0 Å². The third kappa shape index (κ3) is 4.76. The van der Waals surface area contributed by atoms with Crippen LogP contribution in [0.15, 0.2) is 29.2 Å². The molecule has 0 saturated carbocycles. The van der Waals surface area contributed by atoms with Crippen molar-refractivity contribution in [3.05, 3.63) is 35.8 Å². The van der Waals surface area contributed by atoms with E-state index in [0.717, 1.165) is 37.6 Å². The monoisotopic (exact) mass is 447 g/mol. The third-order valence-electron chi connectivity index (χ3n) is 5.51. The van der Waals surface area contributed by atoms with Crippen LogP contribution in [-0.2, 0) is 16.6 Å². The van der Waals surface area contributed by atoms with Crippen LogP contribution in [0.1, 0.15) is 30.3 Å². The quantitative estimate of drug-likeness (QED) is 0.713. The van der Waals surface area contributed by atoms with Gasteiger partial charge in [-0.1, -0.05) is 0 Å². The smallest absolute Gasteiger partial charge is 0.243 e. The second kappa shape index (κ2) is 8.97. The summed E-state index contributed by atoms with van der Waals surface area (Å²) in [5.41, 5.74) is 0.669. The van der Waals surface area contributed by atoms with E-state index in [-0.39, 0.29) is 17.4 Å². The first-order chi connectivity index (χ1) is 14.8. The van der Waals surface area contributed by atoms with Crippen molar-refractivity contribution in [3.8, 4) is 11.5 Å². The zero-order valence-corrected chi connectivity index (χ0v) is 19.0. The number of piperidine rings is 1. The lowest BCUT2D eigenvalue weighted by Crippen LogP contribution is -2.31. The van der Waals surface area contributed by atoms with Crippen molar-refractivity contribution in [2.45, 2.75) is 30.2 Å². The zero-order valence-electron chi connectivity index (χ0n) is 18.2. The first-order valence-corrected chi connectivity index (χ1v) is 11.9. The Morgan fingerprint density at radius 2 is 1.87 bits per heavy atom. The van der Waals surface area contributed by atoms with Gasteiger partial charge in [0.05, 0.1) is 17.1 Å². The highest BCUT2D eigenvalue weighted by molar-refractivity contribution is 7.89. The number of sulfonamides is 1. The van der Waals surface area contributed by atoms with Crippen molar-refractivity contribution < 1.29 is 17.9 Å². The van der Waals surface area contributed by atoms with Crippen LogP contribution in [0.25, 0.3) is 0 Å². The summed E-state index contributed by atoms with van der Waals surface area (Å²) in [5, 5.41) is 3.39. The number of hydrogen-bond donors (Lipinski definition) is 1. The topological polar surface area (TPSA) is 96.9 Å². The summed E-state index contributed by atoms with van der Waals surface area (Å²) in [5.74, 6) is 2.77. The molecule has 1 saturated heterocycles. The molecule has 0 radical (unpaired) electrons. The van der Waals surface area contributed by atoms with Gasteiger partial charge in [0.25, 0.3) is 0 Å². The molecule has 1 fully saturated rings. The van der Waals surface area contributed by atoms with Crippen LogP contribution in [0.5, 0.6) is 11.5 Å². The highest BCUT2D eigenvalue weighted by Crippen LogP contribution is 2.33. The first-order valence-electron chi connectivity index (χ1n) is 10.5. The summed E-state index contributed by atoms with van der Waals surface area (Å²) < 4.78 is 38.7. The maximum absolute atomic E-state index is 13.2. The Hall–Kier alpha value is -2.43. The standard InChI is InChI=1S/C21H29N5O4S/c1-25(2)20-11-16(23-21(24-20)15-5-4-8-22-13-15)14-26(3)31(27,28)17-6-7-18-19(12-17)30-10-9-29-18/h6-7,11-12,15,22H,4-5,8-10,13-14H2,1-3H3/t15-/m1/s1. The molecule has 1 atom stereocenters. The van der Waals surface area contributed by atoms with E-state index in [9.17, 15) is 8.42 Å². The number of benzene rings is 1. The van der Waals surface area contributed by atoms with E-state index in [1.165, 1.54) is 10.4 Å². The molecule has 31 heavy (non-hydrogen) atoms. The van der Waals surface area contributed by atoms with Gasteiger partial charge in [-0.25, -0.2) is 18.4 Å². The van der Waals surface area contributed by atoms with E-state index in [0.29, 0.717) is 30.4 Å². The minimum absolute atomic E-state index is 0.146. The first kappa shape index (κ1) is 21.8. The Kier molecular flexibility index (Phi) is 6.31. The predicted molar refractivity (Wildman–Crippen MR) is 117 cm³/mol. The number of fused-ring (bicyclic) bond motifs is 1. The molecule has 1 N–H and O–H groups in total. The van der Waals surface area contributed by atoms with Gasteiger partial charge in [-0.2, -0.15) is 4.31 Å². The summed E-state index contributed by atoms with van der Waals surface area (Å²) in [6.45, 7) is 2.85. The molecular formula is C21H29N5O4S. The van der Waals surface area contributed by atoms with E-state index >= 15 is 0 Å². The van der Waals surface area contributed by atoms with E-state index in [4.69, 9.17) is 19.4 Å². The second-order valence-corrected chi connectivity index (χ2v) is 10.1. The highest BCUT2D eigenvalue weighted by atomic mass is 32.2. The number of nitrogens with one attached hydrogen (secondary N) is 1. The number of rotatable bonds is 6. The molecule has 2 aliphatic rings. The molecule has 9 nitrogen and oxygen atoms in total. The molecule has 3 heterocycles. The summed E-state index contributed by atoms with van der Waals surface area (Å²) in [7, 11) is 1.67. The van der Waals surface area contributed by atoms with Crippen LogP contribution < -0.4 is 19.7 Å². The summed E-state index contributed by atoms with van der Waals surface area (Å²) in [4.78, 5) is 11.5. The van der Waals surface area contributed by atoms with Crippen LogP contribution in [0.4, 0.5) is 5.82 Å². The van der Waals surface area contributed by atoms with Crippen LogP contribution in [0.3, 0.4) is 0 Å². The van der Waals surface area contributed by atoms with E-state index in [1.807, 2.05) is 25.1 Å². The van der Waals surface area contributed by atoms with Crippen molar-refractivity contribution in [3.63, 3.8) is 0 Å². The molecule has 4 rings (SSSR count). The Labute approximate surface area is 183 Å². The molecule has 168 valence electrons. The highest BCUT2D eigenvalue weighted by Gasteiger charge is 2.26. The van der Waals surface area contributed by atoms with Crippen LogP contribution in [-0.4, -0.2) is 70.1 Å². The molecule has 1 aromatic heterocycles. The van der Waals surface area contributed by atoms with Gasteiger partial charge in [-0.05, 0) is 31.5 Å². The van der Waals surface area contributed by atoms with Gasteiger partial charge in [0.2, 0.25) is 10.0 Å². The van der Waals surface area contributed by atoms with E-state index in [2.05, 4.69) is 5.32 Å². The molecule has 1 aromatic carbocycles. The Bertz CT molecular complexity index is 1040. The number of anilines is 1. The van der Waals surface area contributed by atoms with Gasteiger partial charge in [-0.15, -0.1) is 0 Å². The Morgan fingerprint density at radius 1 is 1.10 bits per heavy atom. The average Bonchev–Trinajstić information content (AvgIpc) is 2.79. The van der Waals surface area contributed by atoms with Gasteiger partial charge < -0.3 is 19.7 Å². The average molecular weight is 448 g/mol. The normalized spacial score (nSPS) is 18.8.